The average Bonchev–Trinajstić information content (AvgIpc) is 1.68. The third kappa shape index (κ3) is 15.1. The number of methoxy groups -OCH3 is 2. The Morgan fingerprint density at radius 1 is 0.663 bits per heavy atom. The van der Waals surface area contributed by atoms with E-state index in [1.54, 1.807) is 19.2 Å². The van der Waals surface area contributed by atoms with E-state index in [-0.39, 0.29) is 74.2 Å². The summed E-state index contributed by atoms with van der Waals surface area (Å²) in [4.78, 5) is 16.0. The number of benzene rings is 3. The molecule has 0 bridgehead atoms. The molecule has 0 aliphatic heterocycles. The number of carbonyl (C=O) groups excluding carboxylic acids is 1. The van der Waals surface area contributed by atoms with Gasteiger partial charge in [0.05, 0.1) is 38.0 Å². The van der Waals surface area contributed by atoms with E-state index >= 15 is 0 Å². The van der Waals surface area contributed by atoms with E-state index in [1.165, 1.54) is 51.0 Å². The smallest absolute Gasteiger partial charge is 0.459 e. The minimum absolute atomic E-state index is 0.0302. The molecule has 4 heterocycles. The van der Waals surface area contributed by atoms with Gasteiger partial charge >= 0.3 is 43.0 Å². The maximum Gasteiger partial charge on any atom is 0.459 e. The standard InChI is InChI=1S/C24H15F11N6O2.C17H14F8N6O.C6H15N.BClOP/c1-39(21(42)16-12(26)7-10(25)8-13(16)27)15-6-4-5-11(18(15)43-3)14-9-41(38-36-14)20-17(23(30,31)32)19(37-40(20)2)22(28,29)24(33,34)35;1-26-9-6-4-5-8(12(9)32-3)10-7-31(29-27-10)14-11(16(20,21)22)13(28-30(14)2)15(18,19)17(23,24)25;1-4-7(5-2)6-3;2-1-4-3/h4-9H,1-3H3;4-7,26H,1-3H3;4-6H2,1-3H3;. The van der Waals surface area contributed by atoms with Gasteiger partial charge in [-0.15, -0.1) is 10.2 Å². The van der Waals surface area contributed by atoms with E-state index in [9.17, 15) is 88.2 Å². The molecule has 39 heteroatoms. The molecular weight excluding hydrogens is 1250 g/mol. The van der Waals surface area contributed by atoms with Gasteiger partial charge in [0.15, 0.2) is 34.5 Å². The van der Waals surface area contributed by atoms with Gasteiger partial charge in [0.2, 0.25) is 0 Å². The second-order valence-corrected chi connectivity index (χ2v) is 18.0. The summed E-state index contributed by atoms with van der Waals surface area (Å²) in [5.74, 6) is -20.0. The van der Waals surface area contributed by atoms with E-state index < -0.39 is 99.6 Å². The van der Waals surface area contributed by atoms with Gasteiger partial charge in [0, 0.05) is 51.5 Å². The Balaban J connectivity index is 0.000000323. The first-order valence-electron chi connectivity index (χ1n) is 23.8. The molecular formula is C47H44BClF19N13O4P. The van der Waals surface area contributed by atoms with Gasteiger partial charge in [-0.2, -0.15) is 91.9 Å². The number of para-hydroxylation sites is 2. The Morgan fingerprint density at radius 3 is 1.37 bits per heavy atom. The van der Waals surface area contributed by atoms with E-state index in [0.717, 1.165) is 40.0 Å². The van der Waals surface area contributed by atoms with Crippen LogP contribution in [0.25, 0.3) is 34.2 Å². The molecule has 7 rings (SSSR count). The molecule has 1 amide bonds. The fraction of sp³-hybridized carbons (Fsp3) is 0.383. The Bertz CT molecular complexity index is 3440. The van der Waals surface area contributed by atoms with Crippen LogP contribution >= 0.6 is 19.8 Å². The Kier molecular flexibility index (Phi) is 22.9. The molecule has 17 nitrogen and oxygen atoms in total. The lowest BCUT2D eigenvalue weighted by molar-refractivity contribution is -0.292. The summed E-state index contributed by atoms with van der Waals surface area (Å²) in [5.41, 5.74) is -10.8. The largest absolute Gasteiger partial charge is 0.494 e. The van der Waals surface area contributed by atoms with Crippen LogP contribution in [0.5, 0.6) is 11.5 Å². The molecule has 0 spiro atoms. The summed E-state index contributed by atoms with van der Waals surface area (Å²) in [6.07, 6.45) is -21.4. The normalized spacial score (nSPS) is 12.2. The number of nitrogens with zero attached hydrogens (tertiary/aromatic N) is 12. The lowest BCUT2D eigenvalue weighted by Crippen LogP contribution is -2.36. The predicted molar refractivity (Wildman–Crippen MR) is 271 cm³/mol. The average molecular weight is 1290 g/mol. The number of alkyl halides is 16. The molecule has 4 aromatic heterocycles. The minimum Gasteiger partial charge on any atom is -0.494 e. The summed E-state index contributed by atoms with van der Waals surface area (Å²) >= 11 is 4.74. The molecule has 0 aliphatic rings. The summed E-state index contributed by atoms with van der Waals surface area (Å²) < 4.78 is 278. The number of hydrogen-bond donors (Lipinski definition) is 1. The van der Waals surface area contributed by atoms with E-state index in [2.05, 4.69) is 61.8 Å². The summed E-state index contributed by atoms with van der Waals surface area (Å²) in [7, 11) is 6.42. The third-order valence-electron chi connectivity index (χ3n) is 11.8. The Labute approximate surface area is 480 Å². The van der Waals surface area contributed by atoms with Crippen molar-refractivity contribution in [3.63, 3.8) is 0 Å². The molecule has 1 radical (unpaired) electrons. The van der Waals surface area contributed by atoms with Gasteiger partial charge in [0.1, 0.15) is 53.9 Å². The number of anilines is 2. The van der Waals surface area contributed by atoms with Crippen molar-refractivity contribution in [2.45, 2.75) is 57.3 Å². The minimum atomic E-state index is -6.41. The fourth-order valence-electron chi connectivity index (χ4n) is 7.82. The molecule has 0 fully saturated rings. The van der Waals surface area contributed by atoms with Crippen LogP contribution in [-0.2, 0) is 42.9 Å². The van der Waals surface area contributed by atoms with Crippen molar-refractivity contribution in [3.05, 3.63) is 106 Å². The topological polar surface area (TPSA) is 168 Å². The van der Waals surface area contributed by atoms with Gasteiger partial charge in [-0.1, -0.05) is 43.3 Å². The van der Waals surface area contributed by atoms with Crippen molar-refractivity contribution >= 4 is 43.5 Å². The van der Waals surface area contributed by atoms with Crippen LogP contribution in [0.15, 0.2) is 60.9 Å². The number of nitrogens with one attached hydrogen (secondary N) is 1. The van der Waals surface area contributed by atoms with Gasteiger partial charge < -0.3 is 24.6 Å². The summed E-state index contributed by atoms with van der Waals surface area (Å²) in [6.45, 7) is 10.1. The zero-order valence-corrected chi connectivity index (χ0v) is 47.1. The first-order valence-corrected chi connectivity index (χ1v) is 25.1. The second-order valence-electron chi connectivity index (χ2n) is 17.0. The number of hydrogen-bond acceptors (Lipinski definition) is 12. The van der Waals surface area contributed by atoms with Crippen LogP contribution < -0.4 is 19.7 Å². The number of aromatic nitrogens is 10. The van der Waals surface area contributed by atoms with Crippen molar-refractivity contribution in [3.8, 4) is 45.6 Å². The van der Waals surface area contributed by atoms with Crippen molar-refractivity contribution in [2.24, 2.45) is 14.1 Å². The first kappa shape index (κ1) is 70.8. The number of halogens is 20. The highest BCUT2D eigenvalue weighted by Crippen LogP contribution is 2.51. The van der Waals surface area contributed by atoms with Crippen molar-refractivity contribution < 1.29 is 102 Å². The van der Waals surface area contributed by atoms with Crippen LogP contribution in [0.1, 0.15) is 53.6 Å². The maximum atomic E-state index is 14.2. The highest BCUT2D eigenvalue weighted by molar-refractivity contribution is 7.70. The van der Waals surface area contributed by atoms with Crippen molar-refractivity contribution in [1.29, 1.82) is 0 Å². The number of aryl methyl sites for hydroxylation is 2. The van der Waals surface area contributed by atoms with E-state index in [0.29, 0.717) is 22.3 Å². The van der Waals surface area contributed by atoms with Crippen LogP contribution in [0.2, 0.25) is 0 Å². The molecule has 0 unspecified atom stereocenters. The summed E-state index contributed by atoms with van der Waals surface area (Å²) in [6, 6.07) is 9.03. The molecule has 0 saturated carbocycles. The molecule has 0 aliphatic carbocycles. The number of amides is 1. The highest BCUT2D eigenvalue weighted by atomic mass is 35.5. The second kappa shape index (κ2) is 27.8. The van der Waals surface area contributed by atoms with Crippen LogP contribution in [0.4, 0.5) is 94.8 Å². The molecule has 0 saturated heterocycles. The fourth-order valence-corrected chi connectivity index (χ4v) is 7.82. The van der Waals surface area contributed by atoms with E-state index in [1.807, 2.05) is 0 Å². The number of ether oxygens (including phenoxy) is 2. The Morgan fingerprint density at radius 2 is 1.05 bits per heavy atom. The van der Waals surface area contributed by atoms with Crippen LogP contribution in [-0.4, -0.2) is 127 Å². The highest BCUT2D eigenvalue weighted by Gasteiger charge is 2.65. The maximum absolute atomic E-state index is 14.2. The van der Waals surface area contributed by atoms with Crippen LogP contribution in [0, 0.1) is 17.5 Å². The lowest BCUT2D eigenvalue weighted by atomic mass is 10.1. The molecule has 469 valence electrons. The van der Waals surface area contributed by atoms with Gasteiger partial charge in [-0.3, -0.25) is 9.36 Å². The summed E-state index contributed by atoms with van der Waals surface area (Å²) in [5, 5.41) is 22.8. The Hall–Kier alpha value is -7.69. The molecule has 1 N–H and O–H groups in total. The van der Waals surface area contributed by atoms with Crippen LogP contribution in [0.3, 0.4) is 0 Å². The molecule has 86 heavy (non-hydrogen) atoms. The van der Waals surface area contributed by atoms with Gasteiger partial charge in [0.25, 0.3) is 5.91 Å². The SMILES string of the molecule is CCN(CC)CC.CNc1cccc(-c2cn(-c3c(C(F)(F)F)c(C(F)(F)C(F)(F)F)nn3C)nn2)c1OC.COc1c(-c2cn(-c3c(C(F)(F)F)c(C(F)(F)C(F)(F)F)nn3C)nn2)cccc1N(C)C(=O)c1c(F)cc(F)cc1F.O=P[B]Cl. The molecule has 7 aromatic rings. The molecule has 0 atom stereocenters. The van der Waals surface area contributed by atoms with Gasteiger partial charge in [-0.05, 0) is 43.9 Å². The third-order valence-corrected chi connectivity index (χ3v) is 12.2. The number of rotatable bonds is 15. The lowest BCUT2D eigenvalue weighted by Gasteiger charge is -2.22. The van der Waals surface area contributed by atoms with E-state index in [4.69, 9.17) is 25.5 Å². The first-order chi connectivity index (χ1) is 39.8. The number of carbonyl (C=O) groups is 1. The quantitative estimate of drug-likeness (QED) is 0.0587. The zero-order valence-electron chi connectivity index (χ0n) is 45.5. The zero-order chi connectivity index (χ0) is 65.4. The monoisotopic (exact) mass is 1290 g/mol. The van der Waals surface area contributed by atoms with Crippen molar-refractivity contribution in [1.82, 2.24) is 54.4 Å². The molecule has 3 aromatic carbocycles. The van der Waals surface area contributed by atoms with Gasteiger partial charge in [-0.25, -0.2) is 31.9 Å². The van der Waals surface area contributed by atoms with Crippen molar-refractivity contribution in [2.75, 3.05) is 58.2 Å². The predicted octanol–water partition coefficient (Wildman–Crippen LogP) is 12.8.